The SMILES string of the molecule is O=S(=O)(/C=C/c1ccccc1)Nc1cccc(S(=O)(=O)N2CCOCC2)c1. The van der Waals surface area contributed by atoms with Crippen LogP contribution in [0.4, 0.5) is 5.69 Å². The average molecular weight is 409 g/mol. The molecular formula is C18H20N2O5S2. The van der Waals surface area contributed by atoms with Crippen molar-refractivity contribution in [3.8, 4) is 0 Å². The van der Waals surface area contributed by atoms with E-state index in [0.29, 0.717) is 13.2 Å². The van der Waals surface area contributed by atoms with Gasteiger partial charge in [-0.1, -0.05) is 36.4 Å². The lowest BCUT2D eigenvalue weighted by atomic mass is 10.2. The maximum atomic E-state index is 12.7. The molecule has 0 unspecified atom stereocenters. The Morgan fingerprint density at radius 2 is 1.63 bits per heavy atom. The second-order valence-electron chi connectivity index (χ2n) is 5.90. The number of morpholine rings is 1. The van der Waals surface area contributed by atoms with Crippen LogP contribution in [0.2, 0.25) is 0 Å². The van der Waals surface area contributed by atoms with Gasteiger partial charge in [-0.25, -0.2) is 16.8 Å². The van der Waals surface area contributed by atoms with Crippen LogP contribution in [0.5, 0.6) is 0 Å². The predicted octanol–water partition coefficient (Wildman–Crippen LogP) is 2.12. The zero-order valence-corrected chi connectivity index (χ0v) is 16.1. The number of ether oxygens (including phenoxy) is 1. The Kier molecular flexibility index (Phi) is 5.95. The Hall–Kier alpha value is -2.20. The fourth-order valence-electron chi connectivity index (χ4n) is 2.59. The molecule has 1 aliphatic heterocycles. The Morgan fingerprint density at radius 1 is 0.926 bits per heavy atom. The maximum Gasteiger partial charge on any atom is 0.255 e. The van der Waals surface area contributed by atoms with Crippen LogP contribution in [0.15, 0.2) is 64.9 Å². The summed E-state index contributed by atoms with van der Waals surface area (Å²) in [5.74, 6) is 0. The first-order valence-electron chi connectivity index (χ1n) is 8.31. The van der Waals surface area contributed by atoms with E-state index in [2.05, 4.69) is 4.72 Å². The zero-order chi connectivity index (χ0) is 19.3. The fourth-order valence-corrected chi connectivity index (χ4v) is 4.90. The predicted molar refractivity (Wildman–Crippen MR) is 104 cm³/mol. The number of hydrogen-bond acceptors (Lipinski definition) is 5. The van der Waals surface area contributed by atoms with E-state index < -0.39 is 20.0 Å². The van der Waals surface area contributed by atoms with Crippen LogP contribution in [0.3, 0.4) is 0 Å². The van der Waals surface area contributed by atoms with Crippen molar-refractivity contribution in [2.24, 2.45) is 0 Å². The van der Waals surface area contributed by atoms with Crippen molar-refractivity contribution in [2.45, 2.75) is 4.90 Å². The lowest BCUT2D eigenvalue weighted by molar-refractivity contribution is 0.0730. The molecule has 1 heterocycles. The van der Waals surface area contributed by atoms with Crippen molar-refractivity contribution in [1.82, 2.24) is 4.31 Å². The molecule has 1 saturated heterocycles. The molecule has 3 rings (SSSR count). The van der Waals surface area contributed by atoms with Crippen LogP contribution in [0, 0.1) is 0 Å². The molecule has 0 saturated carbocycles. The summed E-state index contributed by atoms with van der Waals surface area (Å²) in [6.07, 6.45) is 1.47. The summed E-state index contributed by atoms with van der Waals surface area (Å²) < 4.78 is 58.8. The van der Waals surface area contributed by atoms with Crippen molar-refractivity contribution in [3.05, 3.63) is 65.6 Å². The van der Waals surface area contributed by atoms with Gasteiger partial charge >= 0.3 is 0 Å². The van der Waals surface area contributed by atoms with Crippen molar-refractivity contribution in [3.63, 3.8) is 0 Å². The molecule has 0 amide bonds. The van der Waals surface area contributed by atoms with Gasteiger partial charge < -0.3 is 4.74 Å². The Balaban J connectivity index is 1.78. The van der Waals surface area contributed by atoms with E-state index in [4.69, 9.17) is 4.74 Å². The molecule has 9 heteroatoms. The van der Waals surface area contributed by atoms with Gasteiger partial charge in [0.1, 0.15) is 0 Å². The molecular weight excluding hydrogens is 388 g/mol. The molecule has 0 aliphatic carbocycles. The van der Waals surface area contributed by atoms with Crippen LogP contribution < -0.4 is 4.72 Å². The van der Waals surface area contributed by atoms with Gasteiger partial charge in [-0.3, -0.25) is 4.72 Å². The Labute approximate surface area is 159 Å². The summed E-state index contributed by atoms with van der Waals surface area (Å²) >= 11 is 0. The molecule has 0 spiro atoms. The van der Waals surface area contributed by atoms with Crippen molar-refractivity contribution >= 4 is 31.8 Å². The van der Waals surface area contributed by atoms with Gasteiger partial charge in [0.05, 0.1) is 29.2 Å². The molecule has 2 aromatic carbocycles. The van der Waals surface area contributed by atoms with E-state index in [0.717, 1.165) is 11.0 Å². The van der Waals surface area contributed by atoms with E-state index in [1.54, 1.807) is 24.3 Å². The van der Waals surface area contributed by atoms with Crippen LogP contribution in [0.1, 0.15) is 5.56 Å². The lowest BCUT2D eigenvalue weighted by Gasteiger charge is -2.26. The number of anilines is 1. The molecule has 27 heavy (non-hydrogen) atoms. The lowest BCUT2D eigenvalue weighted by Crippen LogP contribution is -2.40. The molecule has 1 N–H and O–H groups in total. The monoisotopic (exact) mass is 408 g/mol. The first-order valence-corrected chi connectivity index (χ1v) is 11.3. The third kappa shape index (κ3) is 5.16. The Morgan fingerprint density at radius 3 is 2.33 bits per heavy atom. The molecule has 0 atom stereocenters. The van der Waals surface area contributed by atoms with Crippen LogP contribution in [-0.2, 0) is 24.8 Å². The standard InChI is InChI=1S/C18H20N2O5S2/c21-26(22,14-9-16-5-2-1-3-6-16)19-17-7-4-8-18(15-17)27(23,24)20-10-12-25-13-11-20/h1-9,14-15,19H,10-13H2/b14-9+. The minimum Gasteiger partial charge on any atom is -0.379 e. The van der Waals surface area contributed by atoms with Gasteiger partial charge in [-0.05, 0) is 29.8 Å². The van der Waals surface area contributed by atoms with Gasteiger partial charge in [0, 0.05) is 13.1 Å². The van der Waals surface area contributed by atoms with E-state index in [-0.39, 0.29) is 23.7 Å². The number of sulfonamides is 2. The number of hydrogen-bond donors (Lipinski definition) is 1. The van der Waals surface area contributed by atoms with E-state index in [9.17, 15) is 16.8 Å². The van der Waals surface area contributed by atoms with E-state index in [1.165, 1.54) is 34.6 Å². The third-order valence-corrected chi connectivity index (χ3v) is 6.85. The molecule has 1 fully saturated rings. The topological polar surface area (TPSA) is 92.8 Å². The normalized spacial score (nSPS) is 16.4. The number of rotatable bonds is 6. The van der Waals surface area contributed by atoms with Crippen molar-refractivity contribution in [1.29, 1.82) is 0 Å². The maximum absolute atomic E-state index is 12.7. The zero-order valence-electron chi connectivity index (χ0n) is 14.5. The molecule has 1 aliphatic rings. The summed E-state index contributed by atoms with van der Waals surface area (Å²) in [5, 5.41) is 1.05. The van der Waals surface area contributed by atoms with Crippen LogP contribution >= 0.6 is 0 Å². The highest BCUT2D eigenvalue weighted by Crippen LogP contribution is 2.21. The molecule has 2 aromatic rings. The summed E-state index contributed by atoms with van der Waals surface area (Å²) in [7, 11) is -7.47. The fraction of sp³-hybridized carbons (Fsp3) is 0.222. The van der Waals surface area contributed by atoms with Crippen LogP contribution in [0.25, 0.3) is 6.08 Å². The summed E-state index contributed by atoms with van der Waals surface area (Å²) in [6.45, 7) is 1.24. The highest BCUT2D eigenvalue weighted by Gasteiger charge is 2.26. The first kappa shape index (κ1) is 19.6. The smallest absolute Gasteiger partial charge is 0.255 e. The first-order chi connectivity index (χ1) is 12.9. The van der Waals surface area contributed by atoms with Crippen LogP contribution in [-0.4, -0.2) is 47.4 Å². The van der Waals surface area contributed by atoms with Gasteiger partial charge in [0.25, 0.3) is 10.0 Å². The second-order valence-corrected chi connectivity index (χ2v) is 9.41. The number of nitrogens with zero attached hydrogens (tertiary/aromatic N) is 1. The minimum atomic E-state index is -3.78. The highest BCUT2D eigenvalue weighted by atomic mass is 32.2. The minimum absolute atomic E-state index is 0.0386. The van der Waals surface area contributed by atoms with Crippen molar-refractivity contribution in [2.75, 3.05) is 31.0 Å². The van der Waals surface area contributed by atoms with Gasteiger partial charge in [-0.2, -0.15) is 4.31 Å². The van der Waals surface area contributed by atoms with E-state index >= 15 is 0 Å². The van der Waals surface area contributed by atoms with Gasteiger partial charge in [-0.15, -0.1) is 0 Å². The number of benzene rings is 2. The molecule has 0 radical (unpaired) electrons. The van der Waals surface area contributed by atoms with E-state index in [1.807, 2.05) is 6.07 Å². The van der Waals surface area contributed by atoms with Gasteiger partial charge in [0.15, 0.2) is 0 Å². The summed E-state index contributed by atoms with van der Waals surface area (Å²) in [4.78, 5) is 0.0386. The summed E-state index contributed by atoms with van der Waals surface area (Å²) in [6, 6.07) is 14.8. The molecule has 7 nitrogen and oxygen atoms in total. The third-order valence-electron chi connectivity index (χ3n) is 3.94. The molecule has 0 aromatic heterocycles. The van der Waals surface area contributed by atoms with Crippen molar-refractivity contribution < 1.29 is 21.6 Å². The average Bonchev–Trinajstić information content (AvgIpc) is 2.68. The number of nitrogens with one attached hydrogen (secondary N) is 1. The second kappa shape index (κ2) is 8.22. The summed E-state index contributed by atoms with van der Waals surface area (Å²) in [5.41, 5.74) is 0.925. The molecule has 0 bridgehead atoms. The largest absolute Gasteiger partial charge is 0.379 e. The quantitative estimate of drug-likeness (QED) is 0.790. The molecule has 144 valence electrons. The highest BCUT2D eigenvalue weighted by molar-refractivity contribution is 7.95. The Bertz CT molecular complexity index is 1010. The van der Waals surface area contributed by atoms with Gasteiger partial charge in [0.2, 0.25) is 10.0 Å².